The maximum absolute atomic E-state index is 5.80. The summed E-state index contributed by atoms with van der Waals surface area (Å²) in [5, 5.41) is 3.28. The second-order valence-electron chi connectivity index (χ2n) is 3.53. The molecule has 0 aliphatic rings. The predicted octanol–water partition coefficient (Wildman–Crippen LogP) is 2.96. The minimum Gasteiger partial charge on any atom is -0.398 e. The Bertz CT molecular complexity index is 329. The first-order chi connectivity index (χ1) is 6.63. The number of hydrogen-bond donors (Lipinski definition) is 2. The first-order valence-electron chi connectivity index (χ1n) is 4.90. The van der Waals surface area contributed by atoms with Gasteiger partial charge in [0.05, 0.1) is 0 Å². The number of nitrogen functional groups attached to an aromatic ring is 1. The van der Waals surface area contributed by atoms with E-state index in [-0.39, 0.29) is 0 Å². The summed E-state index contributed by atoms with van der Waals surface area (Å²) in [7, 11) is 0. The monoisotopic (exact) mass is 190 g/mol. The van der Waals surface area contributed by atoms with Crippen molar-refractivity contribution >= 4 is 11.4 Å². The van der Waals surface area contributed by atoms with E-state index in [2.05, 4.69) is 18.8 Å². The van der Waals surface area contributed by atoms with Crippen LogP contribution in [0.15, 0.2) is 30.4 Å². The lowest BCUT2D eigenvalue weighted by molar-refractivity contribution is 1.05. The molecule has 0 heterocycles. The van der Waals surface area contributed by atoms with Crippen molar-refractivity contribution in [1.29, 1.82) is 0 Å². The number of aryl methyl sites for hydroxylation is 1. The van der Waals surface area contributed by atoms with Gasteiger partial charge in [0.1, 0.15) is 0 Å². The van der Waals surface area contributed by atoms with E-state index in [1.54, 1.807) is 0 Å². The van der Waals surface area contributed by atoms with Crippen LogP contribution in [0, 0.1) is 6.92 Å². The highest BCUT2D eigenvalue weighted by molar-refractivity contribution is 5.58. The molecule has 0 spiro atoms. The Morgan fingerprint density at radius 2 is 2.21 bits per heavy atom. The van der Waals surface area contributed by atoms with E-state index in [0.29, 0.717) is 0 Å². The number of hydrogen-bond acceptors (Lipinski definition) is 2. The smallest absolute Gasteiger partial charge is 0.0364 e. The molecule has 0 fully saturated rings. The molecule has 0 aliphatic carbocycles. The van der Waals surface area contributed by atoms with Crippen LogP contribution in [0.5, 0.6) is 0 Å². The Labute approximate surface area is 85.8 Å². The molecule has 1 aromatic carbocycles. The lowest BCUT2D eigenvalue weighted by atomic mass is 10.2. The van der Waals surface area contributed by atoms with Crippen LogP contribution in [0.4, 0.5) is 11.4 Å². The Morgan fingerprint density at radius 3 is 2.79 bits per heavy atom. The van der Waals surface area contributed by atoms with E-state index in [0.717, 1.165) is 29.9 Å². The van der Waals surface area contributed by atoms with Crippen LogP contribution in [-0.4, -0.2) is 6.54 Å². The largest absolute Gasteiger partial charge is 0.398 e. The van der Waals surface area contributed by atoms with Gasteiger partial charge in [-0.1, -0.05) is 25.1 Å². The van der Waals surface area contributed by atoms with Gasteiger partial charge in [-0.3, -0.25) is 0 Å². The van der Waals surface area contributed by atoms with Crippen molar-refractivity contribution in [3.63, 3.8) is 0 Å². The fourth-order valence-electron chi connectivity index (χ4n) is 1.10. The molecule has 3 N–H and O–H groups in total. The van der Waals surface area contributed by atoms with Crippen molar-refractivity contribution in [1.82, 2.24) is 0 Å². The summed E-state index contributed by atoms with van der Waals surface area (Å²) in [5.74, 6) is 0. The van der Waals surface area contributed by atoms with E-state index < -0.39 is 0 Å². The third-order valence-corrected chi connectivity index (χ3v) is 2.32. The van der Waals surface area contributed by atoms with Crippen molar-refractivity contribution in [2.24, 2.45) is 0 Å². The summed E-state index contributed by atoms with van der Waals surface area (Å²) in [6.45, 7) is 8.86. The van der Waals surface area contributed by atoms with Gasteiger partial charge in [0.25, 0.3) is 0 Å². The lowest BCUT2D eigenvalue weighted by Crippen LogP contribution is -2.04. The van der Waals surface area contributed by atoms with Gasteiger partial charge in [-0.2, -0.15) is 0 Å². The van der Waals surface area contributed by atoms with Gasteiger partial charge in [0, 0.05) is 17.9 Å². The molecule has 76 valence electrons. The average Bonchev–Trinajstić information content (AvgIpc) is 2.19. The SMILES string of the molecule is C=C(CC)CNc1ccc(C)c(N)c1. The first-order valence-corrected chi connectivity index (χ1v) is 4.90. The van der Waals surface area contributed by atoms with Gasteiger partial charge in [-0.05, 0) is 31.0 Å². The Morgan fingerprint density at radius 1 is 1.50 bits per heavy atom. The van der Waals surface area contributed by atoms with Crippen LogP contribution in [-0.2, 0) is 0 Å². The minimum absolute atomic E-state index is 0.818. The molecule has 0 unspecified atom stereocenters. The molecular formula is C12H18N2. The number of rotatable bonds is 4. The fourth-order valence-corrected chi connectivity index (χ4v) is 1.10. The maximum atomic E-state index is 5.80. The number of benzene rings is 1. The van der Waals surface area contributed by atoms with E-state index in [1.807, 2.05) is 25.1 Å². The van der Waals surface area contributed by atoms with Crippen molar-refractivity contribution in [3.8, 4) is 0 Å². The van der Waals surface area contributed by atoms with Gasteiger partial charge in [-0.25, -0.2) is 0 Å². The summed E-state index contributed by atoms with van der Waals surface area (Å²) in [6, 6.07) is 6.01. The zero-order chi connectivity index (χ0) is 10.6. The second kappa shape index (κ2) is 4.70. The Hall–Kier alpha value is -1.44. The van der Waals surface area contributed by atoms with Crippen LogP contribution < -0.4 is 11.1 Å². The van der Waals surface area contributed by atoms with Crippen LogP contribution in [0.1, 0.15) is 18.9 Å². The van der Waals surface area contributed by atoms with Crippen LogP contribution >= 0.6 is 0 Å². The van der Waals surface area contributed by atoms with Crippen molar-refractivity contribution < 1.29 is 0 Å². The molecule has 14 heavy (non-hydrogen) atoms. The first kappa shape index (κ1) is 10.6. The molecule has 0 radical (unpaired) electrons. The van der Waals surface area contributed by atoms with Crippen molar-refractivity contribution in [2.75, 3.05) is 17.6 Å². The molecule has 2 nitrogen and oxygen atoms in total. The van der Waals surface area contributed by atoms with Gasteiger partial charge in [0.15, 0.2) is 0 Å². The second-order valence-corrected chi connectivity index (χ2v) is 3.53. The quantitative estimate of drug-likeness (QED) is 0.566. The zero-order valence-corrected chi connectivity index (χ0v) is 8.93. The molecule has 0 bridgehead atoms. The molecule has 0 aromatic heterocycles. The highest BCUT2D eigenvalue weighted by atomic mass is 14.9. The summed E-state index contributed by atoms with van der Waals surface area (Å²) >= 11 is 0. The number of nitrogens with two attached hydrogens (primary N) is 1. The van der Waals surface area contributed by atoms with E-state index in [1.165, 1.54) is 5.57 Å². The maximum Gasteiger partial charge on any atom is 0.0364 e. The Balaban J connectivity index is 2.60. The molecule has 1 rings (SSSR count). The average molecular weight is 190 g/mol. The molecule has 0 amide bonds. The normalized spacial score (nSPS) is 9.86. The van der Waals surface area contributed by atoms with Gasteiger partial charge < -0.3 is 11.1 Å². The summed E-state index contributed by atoms with van der Waals surface area (Å²) < 4.78 is 0. The van der Waals surface area contributed by atoms with Gasteiger partial charge in [0.2, 0.25) is 0 Å². The summed E-state index contributed by atoms with van der Waals surface area (Å²) in [4.78, 5) is 0. The van der Waals surface area contributed by atoms with Crippen LogP contribution in [0.3, 0.4) is 0 Å². The van der Waals surface area contributed by atoms with E-state index in [4.69, 9.17) is 5.73 Å². The molecule has 0 aliphatic heterocycles. The minimum atomic E-state index is 0.818. The summed E-state index contributed by atoms with van der Waals surface area (Å²) in [5.41, 5.74) is 10.00. The van der Waals surface area contributed by atoms with E-state index in [9.17, 15) is 0 Å². The molecule has 0 atom stereocenters. The highest BCUT2D eigenvalue weighted by Crippen LogP contribution is 2.17. The van der Waals surface area contributed by atoms with E-state index >= 15 is 0 Å². The molecule has 1 aromatic rings. The molecule has 0 saturated heterocycles. The van der Waals surface area contributed by atoms with Crippen LogP contribution in [0.2, 0.25) is 0 Å². The number of nitrogens with one attached hydrogen (secondary N) is 1. The molecule has 2 heteroatoms. The van der Waals surface area contributed by atoms with Crippen molar-refractivity contribution in [2.45, 2.75) is 20.3 Å². The van der Waals surface area contributed by atoms with Gasteiger partial charge in [-0.15, -0.1) is 0 Å². The Kier molecular flexibility index (Phi) is 3.57. The van der Waals surface area contributed by atoms with Gasteiger partial charge >= 0.3 is 0 Å². The third kappa shape index (κ3) is 2.80. The lowest BCUT2D eigenvalue weighted by Gasteiger charge is -2.09. The third-order valence-electron chi connectivity index (χ3n) is 2.32. The predicted molar refractivity (Wildman–Crippen MR) is 63.5 cm³/mol. The summed E-state index contributed by atoms with van der Waals surface area (Å²) in [6.07, 6.45) is 1.01. The topological polar surface area (TPSA) is 38.0 Å². The van der Waals surface area contributed by atoms with Crippen molar-refractivity contribution in [3.05, 3.63) is 35.9 Å². The zero-order valence-electron chi connectivity index (χ0n) is 8.93. The molecule has 0 saturated carbocycles. The fraction of sp³-hybridized carbons (Fsp3) is 0.333. The number of anilines is 2. The standard InChI is InChI=1S/C12H18N2/c1-4-9(2)8-14-11-6-5-10(3)12(13)7-11/h5-7,14H,2,4,8,13H2,1,3H3. The van der Waals surface area contributed by atoms with Crippen LogP contribution in [0.25, 0.3) is 0 Å². The molecular weight excluding hydrogens is 172 g/mol. The highest BCUT2D eigenvalue weighted by Gasteiger charge is 1.96.